The van der Waals surface area contributed by atoms with Crippen LogP contribution in [0, 0.1) is 0 Å². The highest BCUT2D eigenvalue weighted by molar-refractivity contribution is 6.05. The molecular formula is C23H20N4O3. The quantitative estimate of drug-likeness (QED) is 0.494. The molecule has 0 unspecified atom stereocenters. The summed E-state index contributed by atoms with van der Waals surface area (Å²) in [5.74, 6) is -0.748. The number of para-hydroxylation sites is 1. The van der Waals surface area contributed by atoms with Gasteiger partial charge < -0.3 is 14.6 Å². The zero-order valence-electron chi connectivity index (χ0n) is 16.5. The lowest BCUT2D eigenvalue weighted by atomic mass is 10.1. The van der Waals surface area contributed by atoms with Gasteiger partial charge in [-0.15, -0.1) is 0 Å². The fourth-order valence-corrected chi connectivity index (χ4v) is 3.22. The molecule has 0 bridgehead atoms. The number of benzene rings is 2. The van der Waals surface area contributed by atoms with Gasteiger partial charge in [-0.3, -0.25) is 9.89 Å². The molecule has 2 heterocycles. The number of amides is 1. The number of methoxy groups -OCH3 is 1. The Balaban J connectivity index is 1.70. The van der Waals surface area contributed by atoms with Gasteiger partial charge in [-0.2, -0.15) is 5.10 Å². The molecule has 2 N–H and O–H groups in total. The maximum absolute atomic E-state index is 12.7. The fourth-order valence-electron chi connectivity index (χ4n) is 3.22. The number of aromatic nitrogens is 3. The molecule has 2 aromatic carbocycles. The second-order valence-electron chi connectivity index (χ2n) is 6.74. The topological polar surface area (TPSA) is 89.0 Å². The van der Waals surface area contributed by atoms with Crippen LogP contribution in [-0.2, 0) is 11.8 Å². The number of aromatic amines is 1. The Labute approximate surface area is 173 Å². The lowest BCUT2D eigenvalue weighted by Gasteiger charge is -2.11. The highest BCUT2D eigenvalue weighted by atomic mass is 16.5. The number of H-pyrrole nitrogens is 1. The maximum Gasteiger partial charge on any atom is 0.337 e. The predicted molar refractivity (Wildman–Crippen MR) is 116 cm³/mol. The smallest absolute Gasteiger partial charge is 0.337 e. The fraction of sp³-hybridized carbons (Fsp3) is 0.0870. The molecule has 30 heavy (non-hydrogen) atoms. The van der Waals surface area contributed by atoms with Crippen LogP contribution < -0.4 is 5.32 Å². The summed E-state index contributed by atoms with van der Waals surface area (Å²) in [4.78, 5) is 24.7. The molecule has 7 heteroatoms. The normalized spacial score (nSPS) is 11.1. The number of nitrogens with zero attached hydrogens (tertiary/aromatic N) is 2. The number of ether oxygens (including phenoxy) is 1. The van der Waals surface area contributed by atoms with E-state index in [1.807, 2.05) is 36.4 Å². The molecule has 0 aliphatic carbocycles. The Kier molecular flexibility index (Phi) is 5.17. The van der Waals surface area contributed by atoms with Crippen molar-refractivity contribution in [2.45, 2.75) is 0 Å². The molecule has 150 valence electrons. The minimum atomic E-state index is -0.474. The first-order valence-electron chi connectivity index (χ1n) is 9.33. The Morgan fingerprint density at radius 2 is 1.93 bits per heavy atom. The summed E-state index contributed by atoms with van der Waals surface area (Å²) < 4.78 is 6.53. The third-order valence-corrected chi connectivity index (χ3v) is 4.82. The van der Waals surface area contributed by atoms with Crippen molar-refractivity contribution in [2.75, 3.05) is 12.4 Å². The Hall–Kier alpha value is -4.13. The molecule has 0 saturated carbocycles. The molecule has 0 radical (unpaired) electrons. The largest absolute Gasteiger partial charge is 0.465 e. The van der Waals surface area contributed by atoms with Crippen LogP contribution in [0.25, 0.3) is 23.1 Å². The number of rotatable bonds is 5. The van der Waals surface area contributed by atoms with Gasteiger partial charge in [-0.1, -0.05) is 30.3 Å². The van der Waals surface area contributed by atoms with E-state index < -0.39 is 5.97 Å². The first kappa shape index (κ1) is 19.2. The predicted octanol–water partition coefficient (Wildman–Crippen LogP) is 4.11. The molecule has 0 atom stereocenters. The van der Waals surface area contributed by atoms with Gasteiger partial charge in [0.2, 0.25) is 0 Å². The summed E-state index contributed by atoms with van der Waals surface area (Å²) >= 11 is 0. The molecule has 0 aliphatic heterocycles. The van der Waals surface area contributed by atoms with E-state index in [9.17, 15) is 9.59 Å². The molecule has 4 rings (SSSR count). The monoisotopic (exact) mass is 400 g/mol. The summed E-state index contributed by atoms with van der Waals surface area (Å²) in [6, 6.07) is 16.4. The van der Waals surface area contributed by atoms with Crippen molar-refractivity contribution in [3.8, 4) is 0 Å². The molecule has 1 amide bonds. The molecule has 0 fully saturated rings. The molecule has 0 aliphatic rings. The van der Waals surface area contributed by atoms with E-state index in [0.29, 0.717) is 16.9 Å². The number of hydrogen-bond donors (Lipinski definition) is 2. The number of anilines is 1. The number of hydrogen-bond acceptors (Lipinski definition) is 4. The van der Waals surface area contributed by atoms with Gasteiger partial charge in [0, 0.05) is 24.3 Å². The average molecular weight is 400 g/mol. The highest BCUT2D eigenvalue weighted by Gasteiger charge is 2.14. The summed E-state index contributed by atoms with van der Waals surface area (Å²) in [6.45, 7) is 0. The summed E-state index contributed by atoms with van der Waals surface area (Å²) in [7, 11) is 3.12. The standard InChI is InChI=1S/C23H20N4O3/c1-27-13-5-8-21(27)22(28)24-20-14-16(23(29)30-2)10-9-15(20)11-12-19-17-6-3-4-7-18(17)25-26-19/h3-14H,1-2H3,(H,24,28)(H,25,26)/b12-11+. The van der Waals surface area contributed by atoms with Crippen LogP contribution in [0.2, 0.25) is 0 Å². The second-order valence-corrected chi connectivity index (χ2v) is 6.74. The first-order chi connectivity index (χ1) is 14.6. The second kappa shape index (κ2) is 8.08. The van der Waals surface area contributed by atoms with E-state index in [4.69, 9.17) is 4.74 Å². The number of carbonyl (C=O) groups is 2. The van der Waals surface area contributed by atoms with Crippen molar-refractivity contribution >= 4 is 40.6 Å². The molecule has 2 aromatic heterocycles. The minimum Gasteiger partial charge on any atom is -0.465 e. The van der Waals surface area contributed by atoms with E-state index >= 15 is 0 Å². The lowest BCUT2D eigenvalue weighted by molar-refractivity contribution is 0.0600. The van der Waals surface area contributed by atoms with Gasteiger partial charge in [-0.25, -0.2) is 4.79 Å². The van der Waals surface area contributed by atoms with Crippen molar-refractivity contribution < 1.29 is 14.3 Å². The lowest BCUT2D eigenvalue weighted by Crippen LogP contribution is -2.16. The van der Waals surface area contributed by atoms with Crippen molar-refractivity contribution in [2.24, 2.45) is 7.05 Å². The van der Waals surface area contributed by atoms with Crippen molar-refractivity contribution in [1.29, 1.82) is 0 Å². The number of carbonyl (C=O) groups excluding carboxylic acids is 2. The summed E-state index contributed by atoms with van der Waals surface area (Å²) in [6.07, 6.45) is 5.51. The van der Waals surface area contributed by atoms with E-state index in [2.05, 4.69) is 15.5 Å². The SMILES string of the molecule is COC(=O)c1ccc(/C=C/c2n[nH]c3ccccc23)c(NC(=O)c2cccn2C)c1. The first-order valence-corrected chi connectivity index (χ1v) is 9.33. The van der Waals surface area contributed by atoms with Crippen LogP contribution in [0.15, 0.2) is 60.8 Å². The Morgan fingerprint density at radius 3 is 2.70 bits per heavy atom. The Bertz CT molecular complexity index is 1270. The highest BCUT2D eigenvalue weighted by Crippen LogP contribution is 2.24. The number of aryl methyl sites for hydroxylation is 1. The third-order valence-electron chi connectivity index (χ3n) is 4.82. The van der Waals surface area contributed by atoms with Gasteiger partial charge in [0.15, 0.2) is 0 Å². The zero-order valence-corrected chi connectivity index (χ0v) is 16.5. The molecule has 4 aromatic rings. The van der Waals surface area contributed by atoms with Crippen molar-refractivity contribution in [1.82, 2.24) is 14.8 Å². The van der Waals surface area contributed by atoms with Crippen molar-refractivity contribution in [3.63, 3.8) is 0 Å². The average Bonchev–Trinajstić information content (AvgIpc) is 3.38. The van der Waals surface area contributed by atoms with Crippen LogP contribution in [0.4, 0.5) is 5.69 Å². The third kappa shape index (κ3) is 3.73. The van der Waals surface area contributed by atoms with Crippen LogP contribution in [-0.4, -0.2) is 33.8 Å². The van der Waals surface area contributed by atoms with Crippen LogP contribution >= 0.6 is 0 Å². The van der Waals surface area contributed by atoms with E-state index in [1.54, 1.807) is 48.1 Å². The molecule has 7 nitrogen and oxygen atoms in total. The molecular weight excluding hydrogens is 380 g/mol. The van der Waals surface area contributed by atoms with Crippen LogP contribution in [0.5, 0.6) is 0 Å². The minimum absolute atomic E-state index is 0.274. The zero-order chi connectivity index (χ0) is 21.1. The van der Waals surface area contributed by atoms with Gasteiger partial charge >= 0.3 is 5.97 Å². The van der Waals surface area contributed by atoms with Gasteiger partial charge in [0.1, 0.15) is 5.69 Å². The number of esters is 1. The van der Waals surface area contributed by atoms with E-state index in [-0.39, 0.29) is 5.91 Å². The Morgan fingerprint density at radius 1 is 1.10 bits per heavy atom. The molecule has 0 spiro atoms. The molecule has 0 saturated heterocycles. The van der Waals surface area contributed by atoms with Gasteiger partial charge in [0.05, 0.1) is 23.9 Å². The summed E-state index contributed by atoms with van der Waals surface area (Å²) in [5.41, 5.74) is 3.81. The number of fused-ring (bicyclic) bond motifs is 1. The van der Waals surface area contributed by atoms with Gasteiger partial charge in [-0.05, 0) is 42.0 Å². The van der Waals surface area contributed by atoms with E-state index in [0.717, 1.165) is 22.2 Å². The van der Waals surface area contributed by atoms with Crippen LogP contribution in [0.1, 0.15) is 32.1 Å². The summed E-state index contributed by atoms with van der Waals surface area (Å²) in [5, 5.41) is 11.2. The van der Waals surface area contributed by atoms with Crippen LogP contribution in [0.3, 0.4) is 0 Å². The van der Waals surface area contributed by atoms with Gasteiger partial charge in [0.25, 0.3) is 5.91 Å². The van der Waals surface area contributed by atoms with E-state index in [1.165, 1.54) is 7.11 Å². The maximum atomic E-state index is 12.7. The number of nitrogens with one attached hydrogen (secondary N) is 2. The van der Waals surface area contributed by atoms with Crippen molar-refractivity contribution in [3.05, 3.63) is 83.3 Å².